The monoisotopic (exact) mass is 388 g/mol. The quantitative estimate of drug-likeness (QED) is 0.613. The third-order valence-electron chi connectivity index (χ3n) is 4.28. The molecule has 0 aliphatic heterocycles. The number of rotatable bonds is 10. The van der Waals surface area contributed by atoms with Crippen molar-refractivity contribution >= 4 is 15.9 Å². The molecule has 0 radical (unpaired) electrons. The van der Waals surface area contributed by atoms with Gasteiger partial charge in [-0.1, -0.05) is 24.3 Å². The highest BCUT2D eigenvalue weighted by atomic mass is 32.2. The molecule has 0 heterocycles. The van der Waals surface area contributed by atoms with Gasteiger partial charge in [0.25, 0.3) is 5.91 Å². The number of sulfonamides is 1. The molecule has 1 fully saturated rings. The van der Waals surface area contributed by atoms with Crippen LogP contribution in [0.15, 0.2) is 59.5 Å². The van der Waals surface area contributed by atoms with Gasteiger partial charge in [0.2, 0.25) is 10.0 Å². The summed E-state index contributed by atoms with van der Waals surface area (Å²) in [6.45, 7) is 1.40. The van der Waals surface area contributed by atoms with Crippen molar-refractivity contribution in [2.24, 2.45) is 5.92 Å². The van der Waals surface area contributed by atoms with Crippen molar-refractivity contribution in [2.45, 2.75) is 24.2 Å². The molecular weight excluding hydrogens is 364 g/mol. The molecule has 3 rings (SSSR count). The Morgan fingerprint density at radius 2 is 1.85 bits per heavy atom. The van der Waals surface area contributed by atoms with E-state index in [0.717, 1.165) is 18.6 Å². The fourth-order valence-electron chi connectivity index (χ4n) is 2.52. The second kappa shape index (κ2) is 9.01. The minimum absolute atomic E-state index is 0.114. The van der Waals surface area contributed by atoms with Gasteiger partial charge in [0.15, 0.2) is 0 Å². The van der Waals surface area contributed by atoms with E-state index < -0.39 is 10.0 Å². The van der Waals surface area contributed by atoms with Crippen LogP contribution in [0.1, 0.15) is 29.6 Å². The summed E-state index contributed by atoms with van der Waals surface area (Å²) in [7, 11) is -3.58. The zero-order chi connectivity index (χ0) is 19.1. The Hall–Kier alpha value is -2.38. The lowest BCUT2D eigenvalue weighted by Gasteiger charge is -2.09. The fourth-order valence-corrected chi connectivity index (χ4v) is 3.68. The molecule has 7 heteroatoms. The highest BCUT2D eigenvalue weighted by molar-refractivity contribution is 7.89. The zero-order valence-corrected chi connectivity index (χ0v) is 15.9. The maximum absolute atomic E-state index is 12.3. The average molecular weight is 388 g/mol. The molecule has 1 aliphatic rings. The second-order valence-corrected chi connectivity index (χ2v) is 8.36. The van der Waals surface area contributed by atoms with Crippen LogP contribution in [-0.4, -0.2) is 34.0 Å². The van der Waals surface area contributed by atoms with Crippen LogP contribution >= 0.6 is 0 Å². The summed E-state index contributed by atoms with van der Waals surface area (Å²) in [5, 5.41) is 2.79. The normalized spacial score (nSPS) is 13.9. The van der Waals surface area contributed by atoms with Gasteiger partial charge < -0.3 is 10.1 Å². The predicted molar refractivity (Wildman–Crippen MR) is 103 cm³/mol. The lowest BCUT2D eigenvalue weighted by atomic mass is 10.2. The number of nitrogens with one attached hydrogen (secondary N) is 2. The standard InChI is InChI=1S/C20H24N2O4S/c23-20(21-12-5-13-26-18-7-2-1-3-8-18)17-6-4-9-19(14-17)27(24,25)22-15-16-10-11-16/h1-4,6-9,14,16,22H,5,10-13,15H2,(H,21,23). The van der Waals surface area contributed by atoms with E-state index in [0.29, 0.717) is 37.6 Å². The van der Waals surface area contributed by atoms with E-state index in [2.05, 4.69) is 10.0 Å². The minimum atomic E-state index is -3.58. The molecule has 0 bridgehead atoms. The first kappa shape index (κ1) is 19.4. The van der Waals surface area contributed by atoms with Gasteiger partial charge in [0, 0.05) is 18.7 Å². The summed E-state index contributed by atoms with van der Waals surface area (Å²) in [5.74, 6) is 0.943. The highest BCUT2D eigenvalue weighted by Gasteiger charge is 2.24. The Bertz CT molecular complexity index is 865. The van der Waals surface area contributed by atoms with E-state index in [1.165, 1.54) is 12.1 Å². The van der Waals surface area contributed by atoms with E-state index in [9.17, 15) is 13.2 Å². The molecule has 0 atom stereocenters. The van der Waals surface area contributed by atoms with Crippen molar-refractivity contribution < 1.29 is 17.9 Å². The Labute approximate surface area is 160 Å². The fraction of sp³-hybridized carbons (Fsp3) is 0.350. The van der Waals surface area contributed by atoms with Gasteiger partial charge in [0.05, 0.1) is 11.5 Å². The Morgan fingerprint density at radius 3 is 2.59 bits per heavy atom. The number of para-hydroxylation sites is 1. The van der Waals surface area contributed by atoms with Crippen LogP contribution in [0.4, 0.5) is 0 Å². The van der Waals surface area contributed by atoms with Crippen molar-refractivity contribution in [3.8, 4) is 5.75 Å². The van der Waals surface area contributed by atoms with Gasteiger partial charge in [-0.05, 0) is 55.5 Å². The first-order valence-electron chi connectivity index (χ1n) is 9.10. The molecule has 2 N–H and O–H groups in total. The van der Waals surface area contributed by atoms with Crippen molar-refractivity contribution in [3.05, 3.63) is 60.2 Å². The molecule has 2 aromatic carbocycles. The molecule has 0 saturated heterocycles. The molecule has 2 aromatic rings. The largest absolute Gasteiger partial charge is 0.494 e. The first-order valence-corrected chi connectivity index (χ1v) is 10.6. The molecule has 27 heavy (non-hydrogen) atoms. The first-order chi connectivity index (χ1) is 13.0. The van der Waals surface area contributed by atoms with Gasteiger partial charge in [0.1, 0.15) is 5.75 Å². The predicted octanol–water partition coefficient (Wildman–Crippen LogP) is 2.57. The van der Waals surface area contributed by atoms with Crippen molar-refractivity contribution in [1.29, 1.82) is 0 Å². The second-order valence-electron chi connectivity index (χ2n) is 6.59. The van der Waals surface area contributed by atoms with Crippen LogP contribution in [-0.2, 0) is 10.0 Å². The number of carbonyl (C=O) groups is 1. The number of ether oxygens (including phenoxy) is 1. The molecule has 0 spiro atoms. The smallest absolute Gasteiger partial charge is 0.251 e. The third kappa shape index (κ3) is 6.08. The molecule has 1 saturated carbocycles. The van der Waals surface area contributed by atoms with Gasteiger partial charge in [-0.25, -0.2) is 13.1 Å². The Balaban J connectivity index is 1.46. The van der Waals surface area contributed by atoms with Gasteiger partial charge in [-0.3, -0.25) is 4.79 Å². The Kier molecular flexibility index (Phi) is 6.47. The zero-order valence-electron chi connectivity index (χ0n) is 15.1. The molecule has 144 valence electrons. The minimum Gasteiger partial charge on any atom is -0.494 e. The van der Waals surface area contributed by atoms with E-state index >= 15 is 0 Å². The summed E-state index contributed by atoms with van der Waals surface area (Å²) in [6, 6.07) is 15.6. The molecule has 1 aliphatic carbocycles. The van der Waals surface area contributed by atoms with Crippen LogP contribution in [0.5, 0.6) is 5.75 Å². The van der Waals surface area contributed by atoms with Crippen LogP contribution < -0.4 is 14.8 Å². The lowest BCUT2D eigenvalue weighted by molar-refractivity contribution is 0.0951. The summed E-state index contributed by atoms with van der Waals surface area (Å²) in [6.07, 6.45) is 2.79. The molecule has 6 nitrogen and oxygen atoms in total. The molecule has 1 amide bonds. The maximum Gasteiger partial charge on any atom is 0.251 e. The summed E-state index contributed by atoms with van der Waals surface area (Å²) >= 11 is 0. The SMILES string of the molecule is O=C(NCCCOc1ccccc1)c1cccc(S(=O)(=O)NCC2CC2)c1. The van der Waals surface area contributed by atoms with E-state index in [-0.39, 0.29) is 10.8 Å². The average Bonchev–Trinajstić information content (AvgIpc) is 3.51. The van der Waals surface area contributed by atoms with Crippen molar-refractivity contribution in [2.75, 3.05) is 19.7 Å². The lowest BCUT2D eigenvalue weighted by Crippen LogP contribution is -2.27. The van der Waals surface area contributed by atoms with Gasteiger partial charge >= 0.3 is 0 Å². The van der Waals surface area contributed by atoms with Crippen molar-refractivity contribution in [3.63, 3.8) is 0 Å². The van der Waals surface area contributed by atoms with Crippen LogP contribution in [0, 0.1) is 5.92 Å². The van der Waals surface area contributed by atoms with Crippen molar-refractivity contribution in [1.82, 2.24) is 10.0 Å². The topological polar surface area (TPSA) is 84.5 Å². The summed E-state index contributed by atoms with van der Waals surface area (Å²) in [4.78, 5) is 12.4. The van der Waals surface area contributed by atoms with E-state index in [4.69, 9.17) is 4.74 Å². The number of amides is 1. The number of carbonyl (C=O) groups excluding carboxylic acids is 1. The number of hydrogen-bond donors (Lipinski definition) is 2. The van der Waals surface area contributed by atoms with E-state index in [1.54, 1.807) is 12.1 Å². The summed E-state index contributed by atoms with van der Waals surface area (Å²) in [5.41, 5.74) is 0.327. The molecule has 0 aromatic heterocycles. The number of benzene rings is 2. The van der Waals surface area contributed by atoms with Crippen LogP contribution in [0.2, 0.25) is 0 Å². The van der Waals surface area contributed by atoms with Gasteiger partial charge in [-0.15, -0.1) is 0 Å². The molecule has 0 unspecified atom stereocenters. The van der Waals surface area contributed by atoms with Crippen LogP contribution in [0.25, 0.3) is 0 Å². The highest BCUT2D eigenvalue weighted by Crippen LogP contribution is 2.28. The van der Waals surface area contributed by atoms with Crippen LogP contribution in [0.3, 0.4) is 0 Å². The Morgan fingerprint density at radius 1 is 1.07 bits per heavy atom. The third-order valence-corrected chi connectivity index (χ3v) is 5.71. The maximum atomic E-state index is 12.3. The van der Waals surface area contributed by atoms with Gasteiger partial charge in [-0.2, -0.15) is 0 Å². The van der Waals surface area contributed by atoms with E-state index in [1.807, 2.05) is 30.3 Å². The number of hydrogen-bond acceptors (Lipinski definition) is 4. The summed E-state index contributed by atoms with van der Waals surface area (Å²) < 4.78 is 32.8. The molecular formula is C20H24N2O4S.